The number of hydrogen-bond acceptors (Lipinski definition) is 8. The van der Waals surface area contributed by atoms with Crippen LogP contribution in [0.15, 0.2) is 41.3 Å². The summed E-state index contributed by atoms with van der Waals surface area (Å²) in [5.41, 5.74) is -1.49. The molecule has 1 saturated heterocycles. The Balaban J connectivity index is 1.84. The zero-order valence-electron chi connectivity index (χ0n) is 24.0. The third-order valence-electron chi connectivity index (χ3n) is 7.00. The number of nitrogens with one attached hydrogen (secondary N) is 2. The highest BCUT2D eigenvalue weighted by molar-refractivity contribution is 7.89. The summed E-state index contributed by atoms with van der Waals surface area (Å²) < 4.78 is 29.3. The Morgan fingerprint density at radius 3 is 2.32 bits per heavy atom. The third-order valence-corrected chi connectivity index (χ3v) is 9.84. The lowest BCUT2D eigenvalue weighted by molar-refractivity contribution is 0.0685. The van der Waals surface area contributed by atoms with Crippen molar-refractivity contribution >= 4 is 43.9 Å². The highest BCUT2D eigenvalue weighted by Crippen LogP contribution is 2.39. The lowest BCUT2D eigenvalue weighted by atomic mass is 9.98. The summed E-state index contributed by atoms with van der Waals surface area (Å²) in [7, 11) is -4.02. The molecule has 0 atom stereocenters. The maximum atomic E-state index is 13.8. The van der Waals surface area contributed by atoms with Crippen molar-refractivity contribution in [3.05, 3.63) is 47.1 Å². The number of carbonyl (C=O) groups is 2. The molecule has 0 bridgehead atoms. The van der Waals surface area contributed by atoms with Gasteiger partial charge in [0, 0.05) is 30.6 Å². The molecule has 0 unspecified atom stereocenters. The number of amides is 2. The van der Waals surface area contributed by atoms with Gasteiger partial charge in [-0.3, -0.25) is 9.59 Å². The number of piperidine rings is 1. The third kappa shape index (κ3) is 7.12. The molecular formula is C29H38N4O6S2. The molecule has 4 rings (SSSR count). The molecule has 2 heterocycles. The van der Waals surface area contributed by atoms with E-state index in [1.54, 1.807) is 62.9 Å². The zero-order chi connectivity index (χ0) is 30.2. The minimum absolute atomic E-state index is 0.000710. The van der Waals surface area contributed by atoms with E-state index in [1.165, 1.54) is 6.07 Å². The van der Waals surface area contributed by atoms with Gasteiger partial charge in [-0.25, -0.2) is 18.1 Å². The first-order chi connectivity index (χ1) is 19.1. The summed E-state index contributed by atoms with van der Waals surface area (Å²) in [6.45, 7) is 9.26. The monoisotopic (exact) mass is 602 g/mol. The van der Waals surface area contributed by atoms with Crippen LogP contribution in [0.3, 0.4) is 0 Å². The van der Waals surface area contributed by atoms with Crippen molar-refractivity contribution in [2.24, 2.45) is 5.92 Å². The largest absolute Gasteiger partial charge is 0.394 e. The maximum Gasteiger partial charge on any atom is 0.280 e. The van der Waals surface area contributed by atoms with Gasteiger partial charge >= 0.3 is 0 Å². The fourth-order valence-corrected chi connectivity index (χ4v) is 7.26. The SMILES string of the molecule is CC1CCN(C(=O)c2nc(C(=O)NCC(C)(C)O)sc2-c2ccc(S(=O)(=O)NC(C)(C)CO)c3ccccc23)CC1. The Morgan fingerprint density at radius 2 is 1.71 bits per heavy atom. The van der Waals surface area contributed by atoms with Crippen LogP contribution >= 0.6 is 11.3 Å². The van der Waals surface area contributed by atoms with Crippen molar-refractivity contribution < 1.29 is 28.2 Å². The molecule has 0 saturated carbocycles. The first kappa shape index (κ1) is 31.0. The second-order valence-corrected chi connectivity index (χ2v) is 14.6. The Bertz CT molecular complexity index is 1550. The second kappa shape index (κ2) is 11.8. The highest BCUT2D eigenvalue weighted by Gasteiger charge is 2.31. The van der Waals surface area contributed by atoms with Crippen LogP contribution in [-0.4, -0.2) is 77.7 Å². The molecule has 1 aliphatic heterocycles. The van der Waals surface area contributed by atoms with Crippen molar-refractivity contribution in [1.29, 1.82) is 0 Å². The molecule has 1 aromatic heterocycles. The van der Waals surface area contributed by atoms with Crippen LogP contribution in [0.2, 0.25) is 0 Å². The number of rotatable bonds is 9. The number of fused-ring (bicyclic) bond motifs is 1. The quantitative estimate of drug-likeness (QED) is 0.293. The van der Waals surface area contributed by atoms with E-state index in [-0.39, 0.29) is 34.7 Å². The summed E-state index contributed by atoms with van der Waals surface area (Å²) >= 11 is 1.06. The van der Waals surface area contributed by atoms with Crippen LogP contribution < -0.4 is 10.0 Å². The van der Waals surface area contributed by atoms with E-state index < -0.39 is 27.1 Å². The number of benzene rings is 2. The summed E-state index contributed by atoms with van der Waals surface area (Å²) in [6.07, 6.45) is 1.74. The Labute approximate surface area is 244 Å². The van der Waals surface area contributed by atoms with Crippen molar-refractivity contribution in [2.75, 3.05) is 26.2 Å². The summed E-state index contributed by atoms with van der Waals surface area (Å²) in [5.74, 6) is -0.277. The van der Waals surface area contributed by atoms with Crippen LogP contribution in [0, 0.1) is 5.92 Å². The van der Waals surface area contributed by atoms with E-state index in [2.05, 4.69) is 21.9 Å². The van der Waals surface area contributed by atoms with Gasteiger partial charge in [0.1, 0.15) is 5.69 Å². The molecule has 2 amide bonds. The molecule has 41 heavy (non-hydrogen) atoms. The maximum absolute atomic E-state index is 13.8. The van der Waals surface area contributed by atoms with E-state index in [9.17, 15) is 28.2 Å². The second-order valence-electron chi connectivity index (χ2n) is 12.0. The predicted octanol–water partition coefficient (Wildman–Crippen LogP) is 3.39. The van der Waals surface area contributed by atoms with Gasteiger partial charge in [-0.1, -0.05) is 37.3 Å². The summed E-state index contributed by atoms with van der Waals surface area (Å²) in [5, 5.41) is 23.4. The Morgan fingerprint density at radius 1 is 1.07 bits per heavy atom. The molecule has 1 aliphatic rings. The van der Waals surface area contributed by atoms with Gasteiger partial charge in [0.2, 0.25) is 10.0 Å². The molecule has 1 fully saturated rings. The molecule has 0 aliphatic carbocycles. The first-order valence-electron chi connectivity index (χ1n) is 13.6. The van der Waals surface area contributed by atoms with Crippen molar-refractivity contribution in [3.8, 4) is 10.4 Å². The topological polar surface area (TPSA) is 149 Å². The zero-order valence-corrected chi connectivity index (χ0v) is 25.7. The fraction of sp³-hybridized carbons (Fsp3) is 0.483. The molecule has 0 spiro atoms. The molecular weight excluding hydrogens is 564 g/mol. The number of aliphatic hydroxyl groups excluding tert-OH is 1. The number of aromatic nitrogens is 1. The lowest BCUT2D eigenvalue weighted by Gasteiger charge is -2.30. The normalized spacial score (nSPS) is 15.3. The lowest BCUT2D eigenvalue weighted by Crippen LogP contribution is -2.46. The van der Waals surface area contributed by atoms with Crippen LogP contribution in [0.25, 0.3) is 21.2 Å². The van der Waals surface area contributed by atoms with Gasteiger partial charge in [0.15, 0.2) is 5.01 Å². The number of carbonyl (C=O) groups excluding carboxylic acids is 2. The Kier molecular flexibility index (Phi) is 8.91. The van der Waals surface area contributed by atoms with Crippen molar-refractivity contribution in [1.82, 2.24) is 19.9 Å². The standard InChI is InChI=1S/C29H38N4O6S2/c1-18-12-14-33(15-13-18)27(36)23-24(40-26(31-23)25(35)30-16-29(4,5)37)21-10-11-22(20-9-7-6-8-19(20)21)41(38,39)32-28(2,3)17-34/h6-11,18,32,34,37H,12-17H2,1-5H3,(H,30,35). The first-order valence-corrected chi connectivity index (χ1v) is 15.9. The van der Waals surface area contributed by atoms with E-state index in [0.29, 0.717) is 40.2 Å². The van der Waals surface area contributed by atoms with E-state index in [4.69, 9.17) is 0 Å². The fourth-order valence-electron chi connectivity index (χ4n) is 4.63. The van der Waals surface area contributed by atoms with Crippen molar-refractivity contribution in [3.63, 3.8) is 0 Å². The molecule has 12 heteroatoms. The van der Waals surface area contributed by atoms with Crippen LogP contribution in [0.5, 0.6) is 0 Å². The Hall–Kier alpha value is -2.90. The van der Waals surface area contributed by atoms with E-state index in [0.717, 1.165) is 24.2 Å². The van der Waals surface area contributed by atoms with Gasteiger partial charge in [-0.15, -0.1) is 11.3 Å². The highest BCUT2D eigenvalue weighted by atomic mass is 32.2. The van der Waals surface area contributed by atoms with Crippen molar-refractivity contribution in [2.45, 2.75) is 63.5 Å². The van der Waals surface area contributed by atoms with Crippen LogP contribution in [0.4, 0.5) is 0 Å². The summed E-state index contributed by atoms with van der Waals surface area (Å²) in [4.78, 5) is 33.5. The molecule has 10 nitrogen and oxygen atoms in total. The van der Waals surface area contributed by atoms with Gasteiger partial charge in [0.05, 0.1) is 27.5 Å². The number of hydrogen-bond donors (Lipinski definition) is 4. The molecule has 0 radical (unpaired) electrons. The van der Waals surface area contributed by atoms with Gasteiger partial charge in [0.25, 0.3) is 11.8 Å². The summed E-state index contributed by atoms with van der Waals surface area (Å²) in [6, 6.07) is 10.1. The minimum atomic E-state index is -4.02. The van der Waals surface area contributed by atoms with Gasteiger partial charge < -0.3 is 20.4 Å². The molecule has 4 N–H and O–H groups in total. The van der Waals surface area contributed by atoms with Crippen LogP contribution in [-0.2, 0) is 10.0 Å². The average Bonchev–Trinajstić information content (AvgIpc) is 3.35. The average molecular weight is 603 g/mol. The molecule has 3 aromatic rings. The van der Waals surface area contributed by atoms with Crippen LogP contribution in [0.1, 0.15) is 67.8 Å². The smallest absolute Gasteiger partial charge is 0.280 e. The molecule has 222 valence electrons. The number of nitrogens with zero attached hydrogens (tertiary/aromatic N) is 2. The number of thiazole rings is 1. The number of likely N-dealkylation sites (tertiary alicyclic amines) is 1. The van der Waals surface area contributed by atoms with Gasteiger partial charge in [-0.05, 0) is 57.9 Å². The number of aliphatic hydroxyl groups is 2. The molecule has 2 aromatic carbocycles. The minimum Gasteiger partial charge on any atom is -0.394 e. The van der Waals surface area contributed by atoms with Gasteiger partial charge in [-0.2, -0.15) is 0 Å². The number of sulfonamides is 1. The van der Waals surface area contributed by atoms with E-state index >= 15 is 0 Å². The van der Waals surface area contributed by atoms with E-state index in [1.807, 2.05) is 0 Å². The predicted molar refractivity (Wildman–Crippen MR) is 159 cm³/mol.